The van der Waals surface area contributed by atoms with E-state index in [-0.39, 0.29) is 23.4 Å². The molecule has 98 valence electrons. The molecule has 0 atom stereocenters. The first-order valence-electron chi connectivity index (χ1n) is 5.26. The Morgan fingerprint density at radius 3 is 2.83 bits per heavy atom. The van der Waals surface area contributed by atoms with Crippen LogP contribution in [0.5, 0.6) is 0 Å². The Bertz CT molecular complexity index is 411. The third-order valence-electron chi connectivity index (χ3n) is 1.75. The SMILES string of the molecule is CCOC(=O)CSCC(=O)Nc1ccc(Br)cn1. The van der Waals surface area contributed by atoms with E-state index in [1.165, 1.54) is 11.8 Å². The summed E-state index contributed by atoms with van der Waals surface area (Å²) in [7, 11) is 0. The molecule has 0 radical (unpaired) electrons. The summed E-state index contributed by atoms with van der Waals surface area (Å²) in [6.07, 6.45) is 1.60. The number of aromatic nitrogens is 1. The van der Waals surface area contributed by atoms with E-state index in [1.54, 1.807) is 25.3 Å². The van der Waals surface area contributed by atoms with Crippen LogP contribution in [-0.2, 0) is 14.3 Å². The molecule has 0 aliphatic heterocycles. The fraction of sp³-hybridized carbons (Fsp3) is 0.364. The van der Waals surface area contributed by atoms with Gasteiger partial charge in [-0.2, -0.15) is 0 Å². The molecule has 1 aromatic rings. The molecule has 7 heteroatoms. The Kier molecular flexibility index (Phi) is 6.74. The minimum atomic E-state index is -0.308. The summed E-state index contributed by atoms with van der Waals surface area (Å²) in [5, 5.41) is 2.63. The van der Waals surface area contributed by atoms with Crippen LogP contribution in [0.2, 0.25) is 0 Å². The van der Waals surface area contributed by atoms with Crippen LogP contribution in [0.15, 0.2) is 22.8 Å². The Balaban J connectivity index is 2.25. The van der Waals surface area contributed by atoms with Crippen molar-refractivity contribution in [2.75, 3.05) is 23.4 Å². The van der Waals surface area contributed by atoms with Crippen molar-refractivity contribution in [2.24, 2.45) is 0 Å². The zero-order valence-corrected chi connectivity index (χ0v) is 12.2. The van der Waals surface area contributed by atoms with Gasteiger partial charge in [-0.25, -0.2) is 4.98 Å². The molecular weight excluding hydrogens is 320 g/mol. The molecule has 0 aliphatic carbocycles. The van der Waals surface area contributed by atoms with Crippen LogP contribution >= 0.6 is 27.7 Å². The second-order valence-electron chi connectivity index (χ2n) is 3.21. The first kappa shape index (κ1) is 15.0. The summed E-state index contributed by atoms with van der Waals surface area (Å²) >= 11 is 4.46. The van der Waals surface area contributed by atoms with Gasteiger partial charge in [0.15, 0.2) is 0 Å². The van der Waals surface area contributed by atoms with Gasteiger partial charge in [0.25, 0.3) is 0 Å². The largest absolute Gasteiger partial charge is 0.465 e. The number of amides is 1. The summed E-state index contributed by atoms with van der Waals surface area (Å²) in [5.41, 5.74) is 0. The van der Waals surface area contributed by atoms with Gasteiger partial charge in [0, 0.05) is 10.7 Å². The summed E-state index contributed by atoms with van der Waals surface area (Å²) in [6.45, 7) is 2.10. The van der Waals surface area contributed by atoms with Gasteiger partial charge in [0.2, 0.25) is 5.91 Å². The normalized spacial score (nSPS) is 9.89. The molecule has 5 nitrogen and oxygen atoms in total. The first-order valence-corrected chi connectivity index (χ1v) is 7.21. The quantitative estimate of drug-likeness (QED) is 0.808. The maximum Gasteiger partial charge on any atom is 0.315 e. The van der Waals surface area contributed by atoms with Crippen LogP contribution in [0.4, 0.5) is 5.82 Å². The highest BCUT2D eigenvalue weighted by molar-refractivity contribution is 9.10. The lowest BCUT2D eigenvalue weighted by molar-refractivity contribution is -0.139. The van der Waals surface area contributed by atoms with Gasteiger partial charge < -0.3 is 10.1 Å². The van der Waals surface area contributed by atoms with Crippen molar-refractivity contribution in [1.29, 1.82) is 0 Å². The van der Waals surface area contributed by atoms with Crippen molar-refractivity contribution in [1.82, 2.24) is 4.98 Å². The topological polar surface area (TPSA) is 68.3 Å². The summed E-state index contributed by atoms with van der Waals surface area (Å²) in [5.74, 6) is 0.349. The smallest absolute Gasteiger partial charge is 0.315 e. The molecule has 18 heavy (non-hydrogen) atoms. The Hall–Kier alpha value is -1.08. The van der Waals surface area contributed by atoms with Gasteiger partial charge >= 0.3 is 5.97 Å². The number of carbonyl (C=O) groups is 2. The van der Waals surface area contributed by atoms with Crippen LogP contribution in [0.3, 0.4) is 0 Å². The number of ether oxygens (including phenoxy) is 1. The number of hydrogen-bond donors (Lipinski definition) is 1. The number of nitrogens with zero attached hydrogens (tertiary/aromatic N) is 1. The third kappa shape index (κ3) is 6.02. The van der Waals surface area contributed by atoms with Gasteiger partial charge in [-0.1, -0.05) is 0 Å². The molecular formula is C11H13BrN2O3S. The highest BCUT2D eigenvalue weighted by Gasteiger charge is 2.06. The zero-order chi connectivity index (χ0) is 13.4. The number of thioether (sulfide) groups is 1. The zero-order valence-electron chi connectivity index (χ0n) is 9.81. The molecule has 0 saturated heterocycles. The van der Waals surface area contributed by atoms with E-state index >= 15 is 0 Å². The predicted octanol–water partition coefficient (Wildman–Crippen LogP) is 2.08. The van der Waals surface area contributed by atoms with Crippen LogP contribution in [0.1, 0.15) is 6.92 Å². The molecule has 1 amide bonds. The highest BCUT2D eigenvalue weighted by Crippen LogP contribution is 2.11. The van der Waals surface area contributed by atoms with E-state index in [9.17, 15) is 9.59 Å². The standard InChI is InChI=1S/C11H13BrN2O3S/c1-2-17-11(16)7-18-6-10(15)14-9-4-3-8(12)5-13-9/h3-5H,2,6-7H2,1H3,(H,13,14,15). The molecule has 1 rings (SSSR count). The number of pyridine rings is 1. The summed E-state index contributed by atoms with van der Waals surface area (Å²) in [4.78, 5) is 26.5. The van der Waals surface area contributed by atoms with Crippen molar-refractivity contribution in [2.45, 2.75) is 6.92 Å². The average molecular weight is 333 g/mol. The van der Waals surface area contributed by atoms with E-state index in [1.807, 2.05) is 0 Å². The lowest BCUT2D eigenvalue weighted by atomic mass is 10.4. The van der Waals surface area contributed by atoms with Gasteiger partial charge in [-0.3, -0.25) is 9.59 Å². The molecule has 0 unspecified atom stereocenters. The fourth-order valence-corrected chi connectivity index (χ4v) is 1.90. The van der Waals surface area contributed by atoms with Crippen LogP contribution in [0.25, 0.3) is 0 Å². The summed E-state index contributed by atoms with van der Waals surface area (Å²) in [6, 6.07) is 3.48. The number of esters is 1. The second kappa shape index (κ2) is 8.10. The van der Waals surface area contributed by atoms with Gasteiger partial charge in [-0.05, 0) is 35.0 Å². The minimum Gasteiger partial charge on any atom is -0.465 e. The van der Waals surface area contributed by atoms with E-state index in [0.29, 0.717) is 12.4 Å². The number of rotatable bonds is 6. The van der Waals surface area contributed by atoms with Crippen LogP contribution in [-0.4, -0.2) is 35.0 Å². The number of halogens is 1. The molecule has 0 aromatic carbocycles. The fourth-order valence-electron chi connectivity index (χ4n) is 1.06. The second-order valence-corrected chi connectivity index (χ2v) is 5.11. The van der Waals surface area contributed by atoms with Crippen molar-refractivity contribution in [3.05, 3.63) is 22.8 Å². The van der Waals surface area contributed by atoms with Gasteiger partial charge in [0.05, 0.1) is 18.1 Å². The monoisotopic (exact) mass is 332 g/mol. The van der Waals surface area contributed by atoms with E-state index in [4.69, 9.17) is 4.74 Å². The van der Waals surface area contributed by atoms with Crippen LogP contribution in [0, 0.1) is 0 Å². The Morgan fingerprint density at radius 1 is 1.44 bits per heavy atom. The molecule has 1 heterocycles. The predicted molar refractivity (Wildman–Crippen MR) is 74.5 cm³/mol. The van der Waals surface area contributed by atoms with E-state index in [2.05, 4.69) is 26.2 Å². The lowest BCUT2D eigenvalue weighted by Gasteiger charge is -2.04. The molecule has 0 bridgehead atoms. The Labute approximate surface area is 118 Å². The number of nitrogens with one attached hydrogen (secondary N) is 1. The molecule has 0 aliphatic rings. The third-order valence-corrected chi connectivity index (χ3v) is 3.13. The average Bonchev–Trinajstić information content (AvgIpc) is 2.32. The summed E-state index contributed by atoms with van der Waals surface area (Å²) < 4.78 is 5.59. The molecule has 1 N–H and O–H groups in total. The number of hydrogen-bond acceptors (Lipinski definition) is 5. The molecule has 0 saturated carbocycles. The minimum absolute atomic E-state index is 0.176. The maximum atomic E-state index is 11.5. The van der Waals surface area contributed by atoms with Gasteiger partial charge in [-0.15, -0.1) is 11.8 Å². The van der Waals surface area contributed by atoms with Gasteiger partial charge in [0.1, 0.15) is 5.82 Å². The maximum absolute atomic E-state index is 11.5. The van der Waals surface area contributed by atoms with Crippen molar-refractivity contribution in [3.8, 4) is 0 Å². The van der Waals surface area contributed by atoms with Crippen molar-refractivity contribution in [3.63, 3.8) is 0 Å². The van der Waals surface area contributed by atoms with Crippen molar-refractivity contribution >= 4 is 45.4 Å². The number of carbonyl (C=O) groups excluding carboxylic acids is 2. The van der Waals surface area contributed by atoms with E-state index in [0.717, 1.165) is 4.47 Å². The highest BCUT2D eigenvalue weighted by atomic mass is 79.9. The molecule has 1 aromatic heterocycles. The lowest BCUT2D eigenvalue weighted by Crippen LogP contribution is -2.16. The number of anilines is 1. The Morgan fingerprint density at radius 2 is 2.22 bits per heavy atom. The molecule has 0 fully saturated rings. The van der Waals surface area contributed by atoms with Crippen molar-refractivity contribution < 1.29 is 14.3 Å². The molecule has 0 spiro atoms. The first-order chi connectivity index (χ1) is 8.61. The van der Waals surface area contributed by atoms with E-state index < -0.39 is 0 Å². The van der Waals surface area contributed by atoms with Crippen LogP contribution < -0.4 is 5.32 Å².